The first-order chi connectivity index (χ1) is 8.20. The minimum Gasteiger partial charge on any atom is -0.490 e. The van der Waals surface area contributed by atoms with Crippen molar-refractivity contribution in [1.82, 2.24) is 5.32 Å². The van der Waals surface area contributed by atoms with Crippen LogP contribution in [0.5, 0.6) is 5.75 Å². The van der Waals surface area contributed by atoms with E-state index in [0.717, 1.165) is 18.0 Å². The summed E-state index contributed by atoms with van der Waals surface area (Å²) in [5.74, 6) is 1.11. The van der Waals surface area contributed by atoms with E-state index in [4.69, 9.17) is 4.74 Å². The van der Waals surface area contributed by atoms with Gasteiger partial charge >= 0.3 is 5.69 Å². The number of nitro benzene ring substituents is 1. The van der Waals surface area contributed by atoms with Crippen LogP contribution in [-0.4, -0.2) is 18.6 Å². The summed E-state index contributed by atoms with van der Waals surface area (Å²) in [6.07, 6.45) is 2.60. The highest BCUT2D eigenvalue weighted by Gasteiger charge is 2.20. The fourth-order valence-corrected chi connectivity index (χ4v) is 1.73. The summed E-state index contributed by atoms with van der Waals surface area (Å²) in [5, 5.41) is 14.1. The molecule has 1 aromatic rings. The molecule has 0 atom stereocenters. The van der Waals surface area contributed by atoms with Gasteiger partial charge in [-0.05, 0) is 36.9 Å². The molecule has 0 amide bonds. The Morgan fingerprint density at radius 3 is 2.88 bits per heavy atom. The van der Waals surface area contributed by atoms with Crippen molar-refractivity contribution in [2.24, 2.45) is 5.92 Å². The van der Waals surface area contributed by atoms with E-state index in [2.05, 4.69) is 5.32 Å². The monoisotopic (exact) mass is 236 g/mol. The molecule has 0 aromatic heterocycles. The maximum Gasteiger partial charge on any atom is 0.311 e. The standard InChI is InChI=1S/C12H16N2O3/c1-17-12-5-4-10(6-11(12)14(15)16)8-13-7-9-2-3-9/h4-6,9,13H,2-3,7-8H2,1H3. The van der Waals surface area contributed by atoms with E-state index in [0.29, 0.717) is 12.3 Å². The van der Waals surface area contributed by atoms with Crippen LogP contribution in [0.2, 0.25) is 0 Å². The average Bonchev–Trinajstić information content (AvgIpc) is 3.13. The third-order valence-corrected chi connectivity index (χ3v) is 2.90. The van der Waals surface area contributed by atoms with E-state index in [-0.39, 0.29) is 5.69 Å². The van der Waals surface area contributed by atoms with Gasteiger partial charge in [0.1, 0.15) is 0 Å². The van der Waals surface area contributed by atoms with Crippen LogP contribution in [0.3, 0.4) is 0 Å². The minimum absolute atomic E-state index is 0.0261. The lowest BCUT2D eigenvalue weighted by Crippen LogP contribution is -2.16. The summed E-state index contributed by atoms with van der Waals surface area (Å²) in [6, 6.07) is 5.07. The molecule has 5 heteroatoms. The van der Waals surface area contributed by atoms with Gasteiger partial charge in [0.05, 0.1) is 12.0 Å². The molecular formula is C12H16N2O3. The number of nitrogens with zero attached hydrogens (tertiary/aromatic N) is 1. The molecule has 0 radical (unpaired) electrons. The zero-order valence-corrected chi connectivity index (χ0v) is 9.81. The molecule has 0 heterocycles. The van der Waals surface area contributed by atoms with E-state index in [9.17, 15) is 10.1 Å². The predicted molar refractivity (Wildman–Crippen MR) is 64.1 cm³/mol. The molecule has 17 heavy (non-hydrogen) atoms. The fourth-order valence-electron chi connectivity index (χ4n) is 1.73. The predicted octanol–water partition coefficient (Wildman–Crippen LogP) is 2.10. The van der Waals surface area contributed by atoms with Crippen molar-refractivity contribution in [3.05, 3.63) is 33.9 Å². The Hall–Kier alpha value is -1.62. The van der Waals surface area contributed by atoms with Crippen molar-refractivity contribution < 1.29 is 9.66 Å². The van der Waals surface area contributed by atoms with Crippen LogP contribution in [0, 0.1) is 16.0 Å². The van der Waals surface area contributed by atoms with Crippen LogP contribution in [0.15, 0.2) is 18.2 Å². The van der Waals surface area contributed by atoms with Crippen LogP contribution in [0.4, 0.5) is 5.69 Å². The molecule has 0 unspecified atom stereocenters. The van der Waals surface area contributed by atoms with Crippen LogP contribution in [-0.2, 0) is 6.54 Å². The maximum absolute atomic E-state index is 10.8. The molecule has 1 aliphatic rings. The molecule has 1 saturated carbocycles. The number of hydrogen-bond acceptors (Lipinski definition) is 4. The number of rotatable bonds is 6. The first-order valence-electron chi connectivity index (χ1n) is 5.72. The van der Waals surface area contributed by atoms with Crippen molar-refractivity contribution in [2.75, 3.05) is 13.7 Å². The normalized spacial score (nSPS) is 14.6. The number of hydrogen-bond donors (Lipinski definition) is 1. The lowest BCUT2D eigenvalue weighted by atomic mass is 10.2. The summed E-state index contributed by atoms with van der Waals surface area (Å²) >= 11 is 0. The highest BCUT2D eigenvalue weighted by molar-refractivity contribution is 5.48. The van der Waals surface area contributed by atoms with Gasteiger partial charge in [0.2, 0.25) is 0 Å². The smallest absolute Gasteiger partial charge is 0.311 e. The number of methoxy groups -OCH3 is 1. The Bertz CT molecular complexity index is 416. The van der Waals surface area contributed by atoms with E-state index in [1.807, 2.05) is 6.07 Å². The van der Waals surface area contributed by atoms with Crippen molar-refractivity contribution >= 4 is 5.69 Å². The SMILES string of the molecule is COc1ccc(CNCC2CC2)cc1[N+](=O)[O-]. The molecule has 5 nitrogen and oxygen atoms in total. The second kappa shape index (κ2) is 5.14. The molecule has 1 N–H and O–H groups in total. The van der Waals surface area contributed by atoms with Crippen LogP contribution in [0.1, 0.15) is 18.4 Å². The number of nitrogens with one attached hydrogen (secondary N) is 1. The third-order valence-electron chi connectivity index (χ3n) is 2.90. The number of benzene rings is 1. The summed E-state index contributed by atoms with van der Waals surface area (Å²) in [6.45, 7) is 1.67. The van der Waals surface area contributed by atoms with Gasteiger partial charge in [-0.15, -0.1) is 0 Å². The molecule has 0 spiro atoms. The first kappa shape index (κ1) is 11.9. The van der Waals surface area contributed by atoms with Crippen molar-refractivity contribution in [3.63, 3.8) is 0 Å². The lowest BCUT2D eigenvalue weighted by molar-refractivity contribution is -0.385. The van der Waals surface area contributed by atoms with Gasteiger partial charge in [-0.2, -0.15) is 0 Å². The molecule has 0 bridgehead atoms. The van der Waals surface area contributed by atoms with E-state index in [1.54, 1.807) is 12.1 Å². The Kier molecular flexibility index (Phi) is 3.58. The highest BCUT2D eigenvalue weighted by Crippen LogP contribution is 2.29. The Labute approximate surface area is 99.9 Å². The van der Waals surface area contributed by atoms with Gasteiger partial charge in [0, 0.05) is 12.6 Å². The Morgan fingerprint density at radius 1 is 1.53 bits per heavy atom. The van der Waals surface area contributed by atoms with Gasteiger partial charge in [-0.1, -0.05) is 6.07 Å². The van der Waals surface area contributed by atoms with Crippen molar-refractivity contribution in [2.45, 2.75) is 19.4 Å². The quantitative estimate of drug-likeness (QED) is 0.607. The van der Waals surface area contributed by atoms with Crippen LogP contribution < -0.4 is 10.1 Å². The largest absolute Gasteiger partial charge is 0.490 e. The Balaban J connectivity index is 2.01. The lowest BCUT2D eigenvalue weighted by Gasteiger charge is -2.06. The average molecular weight is 236 g/mol. The molecule has 1 fully saturated rings. The zero-order valence-electron chi connectivity index (χ0n) is 9.81. The molecule has 1 aromatic carbocycles. The maximum atomic E-state index is 10.8. The second-order valence-corrected chi connectivity index (χ2v) is 4.34. The highest BCUT2D eigenvalue weighted by atomic mass is 16.6. The molecule has 2 rings (SSSR count). The first-order valence-corrected chi connectivity index (χ1v) is 5.72. The van der Waals surface area contributed by atoms with E-state index >= 15 is 0 Å². The second-order valence-electron chi connectivity index (χ2n) is 4.34. The molecule has 0 aliphatic heterocycles. The van der Waals surface area contributed by atoms with Gasteiger partial charge < -0.3 is 10.1 Å². The topological polar surface area (TPSA) is 64.4 Å². The van der Waals surface area contributed by atoms with Crippen molar-refractivity contribution in [3.8, 4) is 5.75 Å². The van der Waals surface area contributed by atoms with Gasteiger partial charge in [-0.25, -0.2) is 0 Å². The van der Waals surface area contributed by atoms with E-state index in [1.165, 1.54) is 20.0 Å². The molecule has 92 valence electrons. The Morgan fingerprint density at radius 2 is 2.29 bits per heavy atom. The number of nitro groups is 1. The van der Waals surface area contributed by atoms with Gasteiger partial charge in [-0.3, -0.25) is 10.1 Å². The van der Waals surface area contributed by atoms with Crippen LogP contribution >= 0.6 is 0 Å². The van der Waals surface area contributed by atoms with Crippen molar-refractivity contribution in [1.29, 1.82) is 0 Å². The molecule has 1 aliphatic carbocycles. The molecule has 0 saturated heterocycles. The van der Waals surface area contributed by atoms with Gasteiger partial charge in [0.25, 0.3) is 0 Å². The summed E-state index contributed by atoms with van der Waals surface area (Å²) < 4.78 is 4.95. The summed E-state index contributed by atoms with van der Waals surface area (Å²) in [7, 11) is 1.44. The summed E-state index contributed by atoms with van der Waals surface area (Å²) in [5.41, 5.74) is 0.941. The van der Waals surface area contributed by atoms with Crippen LogP contribution in [0.25, 0.3) is 0 Å². The van der Waals surface area contributed by atoms with E-state index < -0.39 is 4.92 Å². The fraction of sp³-hybridized carbons (Fsp3) is 0.500. The van der Waals surface area contributed by atoms with Gasteiger partial charge in [0.15, 0.2) is 5.75 Å². The summed E-state index contributed by atoms with van der Waals surface area (Å²) in [4.78, 5) is 10.4. The minimum atomic E-state index is -0.413. The number of ether oxygens (including phenoxy) is 1. The zero-order chi connectivity index (χ0) is 12.3. The molecular weight excluding hydrogens is 220 g/mol. The third kappa shape index (κ3) is 3.17.